The second-order valence-electron chi connectivity index (χ2n) is 6.16. The largest absolute Gasteiger partial charge is 0.496 e. The highest BCUT2D eigenvalue weighted by atomic mass is 19.4. The minimum absolute atomic E-state index is 0.155. The van der Waals surface area contributed by atoms with Crippen LogP contribution in [-0.4, -0.2) is 24.2 Å². The van der Waals surface area contributed by atoms with E-state index in [4.69, 9.17) is 9.94 Å². The summed E-state index contributed by atoms with van der Waals surface area (Å²) >= 11 is 0. The van der Waals surface area contributed by atoms with Gasteiger partial charge in [0.1, 0.15) is 5.75 Å². The fraction of sp³-hybridized carbons (Fsp3) is 0.588. The number of nitrogens with zero attached hydrogens (tertiary/aromatic N) is 1. The average Bonchev–Trinajstić information content (AvgIpc) is 2.45. The zero-order valence-electron chi connectivity index (χ0n) is 14.2. The van der Waals surface area contributed by atoms with Crippen LogP contribution in [0.15, 0.2) is 17.3 Å². The Labute approximate surface area is 135 Å². The van der Waals surface area contributed by atoms with E-state index in [0.717, 1.165) is 22.4 Å². The first-order valence-corrected chi connectivity index (χ1v) is 7.60. The smallest absolute Gasteiger partial charge is 0.432 e. The first-order chi connectivity index (χ1) is 10.6. The van der Waals surface area contributed by atoms with Crippen molar-refractivity contribution in [2.24, 2.45) is 5.16 Å². The van der Waals surface area contributed by atoms with E-state index in [2.05, 4.69) is 5.16 Å². The highest BCUT2D eigenvalue weighted by Gasteiger charge is 2.35. The van der Waals surface area contributed by atoms with Crippen molar-refractivity contribution in [1.29, 1.82) is 0 Å². The van der Waals surface area contributed by atoms with Crippen LogP contribution < -0.4 is 4.74 Å². The number of benzene rings is 1. The molecule has 130 valence electrons. The fourth-order valence-corrected chi connectivity index (χ4v) is 2.49. The first kappa shape index (κ1) is 19.3. The van der Waals surface area contributed by atoms with Crippen molar-refractivity contribution in [2.75, 3.05) is 7.11 Å². The van der Waals surface area contributed by atoms with Gasteiger partial charge >= 0.3 is 6.18 Å². The Bertz CT molecular complexity index is 534. The predicted molar refractivity (Wildman–Crippen MR) is 84.8 cm³/mol. The number of alkyl halides is 3. The summed E-state index contributed by atoms with van der Waals surface area (Å²) < 4.78 is 43.4. The molecule has 0 aliphatic heterocycles. The van der Waals surface area contributed by atoms with Crippen molar-refractivity contribution in [2.45, 2.75) is 58.5 Å². The molecule has 3 nitrogen and oxygen atoms in total. The van der Waals surface area contributed by atoms with Crippen LogP contribution >= 0.6 is 0 Å². The molecule has 1 aromatic rings. The van der Waals surface area contributed by atoms with Gasteiger partial charge in [0.05, 0.1) is 7.11 Å². The number of halogens is 3. The number of methoxy groups -OCH3 is 1. The van der Waals surface area contributed by atoms with Crippen LogP contribution in [0.3, 0.4) is 0 Å². The minimum atomic E-state index is -4.61. The first-order valence-electron chi connectivity index (χ1n) is 7.60. The van der Waals surface area contributed by atoms with E-state index in [9.17, 15) is 13.2 Å². The van der Waals surface area contributed by atoms with Crippen molar-refractivity contribution in [3.8, 4) is 5.75 Å². The minimum Gasteiger partial charge on any atom is -0.496 e. The number of oxime groups is 1. The maximum atomic E-state index is 12.6. The molecule has 0 heterocycles. The third-order valence-electron chi connectivity index (χ3n) is 3.75. The quantitative estimate of drug-likeness (QED) is 0.438. The molecule has 0 bridgehead atoms. The van der Waals surface area contributed by atoms with Gasteiger partial charge < -0.3 is 9.94 Å². The van der Waals surface area contributed by atoms with Gasteiger partial charge in [0.2, 0.25) is 0 Å². The van der Waals surface area contributed by atoms with Crippen molar-refractivity contribution in [3.63, 3.8) is 0 Å². The summed E-state index contributed by atoms with van der Waals surface area (Å²) in [6.45, 7) is 8.06. The normalized spacial score (nSPS) is 13.0. The lowest BCUT2D eigenvalue weighted by atomic mass is 9.90. The molecular formula is C17H24F3NO2. The molecule has 0 spiro atoms. The van der Waals surface area contributed by atoms with Crippen molar-refractivity contribution < 1.29 is 23.1 Å². The second kappa shape index (κ2) is 7.70. The standard InChI is InChI=1S/C17H24F3NO2/c1-10(2)13-8-12(6-7-15(21-22)17(18,19)20)9-14(11(3)4)16(13)23-5/h8-11,22H,6-7H2,1-5H3/b21-15+. The lowest BCUT2D eigenvalue weighted by molar-refractivity contribution is -0.0626. The van der Waals surface area contributed by atoms with Crippen molar-refractivity contribution >= 4 is 5.71 Å². The maximum Gasteiger partial charge on any atom is 0.432 e. The van der Waals surface area contributed by atoms with Crippen molar-refractivity contribution in [1.82, 2.24) is 0 Å². The van der Waals surface area contributed by atoms with E-state index in [1.165, 1.54) is 0 Å². The zero-order valence-corrected chi connectivity index (χ0v) is 14.2. The molecule has 0 aromatic heterocycles. The molecule has 0 saturated carbocycles. The third-order valence-corrected chi connectivity index (χ3v) is 3.75. The molecule has 23 heavy (non-hydrogen) atoms. The maximum absolute atomic E-state index is 12.6. The molecule has 0 unspecified atom stereocenters. The van der Waals surface area contributed by atoms with Gasteiger partial charge in [0, 0.05) is 6.42 Å². The molecule has 1 rings (SSSR count). The molecule has 6 heteroatoms. The summed E-state index contributed by atoms with van der Waals surface area (Å²) in [4.78, 5) is 0. The summed E-state index contributed by atoms with van der Waals surface area (Å²) in [7, 11) is 1.60. The number of rotatable bonds is 6. The summed E-state index contributed by atoms with van der Waals surface area (Å²) in [5.41, 5.74) is 1.57. The Morgan fingerprint density at radius 3 is 1.91 bits per heavy atom. The summed E-state index contributed by atoms with van der Waals surface area (Å²) in [6, 6.07) is 3.75. The predicted octanol–water partition coefficient (Wildman–Crippen LogP) is 5.27. The Kier molecular flexibility index (Phi) is 6.47. The van der Waals surface area contributed by atoms with E-state index < -0.39 is 11.9 Å². The molecule has 0 amide bonds. The highest BCUT2D eigenvalue weighted by molar-refractivity contribution is 5.89. The van der Waals surface area contributed by atoms with E-state index in [-0.39, 0.29) is 24.7 Å². The van der Waals surface area contributed by atoms with Gasteiger partial charge in [-0.1, -0.05) is 45.0 Å². The molecule has 0 aliphatic carbocycles. The lowest BCUT2D eigenvalue weighted by Crippen LogP contribution is -2.23. The lowest BCUT2D eigenvalue weighted by Gasteiger charge is -2.20. The van der Waals surface area contributed by atoms with Crippen LogP contribution in [0.2, 0.25) is 0 Å². The number of hydrogen-bond donors (Lipinski definition) is 1. The van der Waals surface area contributed by atoms with E-state index in [1.54, 1.807) is 7.11 Å². The number of ether oxygens (including phenoxy) is 1. The summed E-state index contributed by atoms with van der Waals surface area (Å²) in [5.74, 6) is 1.18. The van der Waals surface area contributed by atoms with Crippen LogP contribution in [-0.2, 0) is 6.42 Å². The van der Waals surface area contributed by atoms with Crippen LogP contribution in [0.5, 0.6) is 5.75 Å². The SMILES string of the molecule is COc1c(C(C)C)cc(CC/C(=N\O)C(F)(F)F)cc1C(C)C. The molecule has 0 aliphatic rings. The van der Waals surface area contributed by atoms with Gasteiger partial charge in [0.25, 0.3) is 0 Å². The summed E-state index contributed by atoms with van der Waals surface area (Å²) in [6.07, 6.45) is -4.81. The number of aryl methyl sites for hydroxylation is 1. The van der Waals surface area contributed by atoms with E-state index in [1.807, 2.05) is 39.8 Å². The van der Waals surface area contributed by atoms with E-state index >= 15 is 0 Å². The van der Waals surface area contributed by atoms with Gasteiger partial charge in [-0.2, -0.15) is 13.2 Å². The Morgan fingerprint density at radius 2 is 1.61 bits per heavy atom. The fourth-order valence-electron chi connectivity index (χ4n) is 2.49. The molecule has 0 saturated heterocycles. The topological polar surface area (TPSA) is 41.8 Å². The molecule has 0 atom stereocenters. The zero-order chi connectivity index (χ0) is 17.8. The van der Waals surface area contributed by atoms with Gasteiger partial charge in [-0.3, -0.25) is 0 Å². The van der Waals surface area contributed by atoms with Crippen molar-refractivity contribution in [3.05, 3.63) is 28.8 Å². The van der Waals surface area contributed by atoms with Crippen LogP contribution in [0.25, 0.3) is 0 Å². The van der Waals surface area contributed by atoms with Gasteiger partial charge in [-0.25, -0.2) is 0 Å². The van der Waals surface area contributed by atoms with Crippen LogP contribution in [0.4, 0.5) is 13.2 Å². The monoisotopic (exact) mass is 331 g/mol. The van der Waals surface area contributed by atoms with Crippen LogP contribution in [0, 0.1) is 0 Å². The van der Waals surface area contributed by atoms with Gasteiger partial charge in [-0.15, -0.1) is 0 Å². The third kappa shape index (κ3) is 4.88. The Hall–Kier alpha value is -1.72. The second-order valence-corrected chi connectivity index (χ2v) is 6.16. The molecule has 1 aromatic carbocycles. The average molecular weight is 331 g/mol. The van der Waals surface area contributed by atoms with E-state index in [0.29, 0.717) is 0 Å². The molecular weight excluding hydrogens is 307 g/mol. The molecule has 1 N–H and O–H groups in total. The number of hydrogen-bond acceptors (Lipinski definition) is 3. The molecule has 0 fully saturated rings. The van der Waals surface area contributed by atoms with Gasteiger partial charge in [-0.05, 0) is 34.9 Å². The molecule has 0 radical (unpaired) electrons. The van der Waals surface area contributed by atoms with Gasteiger partial charge in [0.15, 0.2) is 5.71 Å². The highest BCUT2D eigenvalue weighted by Crippen LogP contribution is 2.36. The Balaban J connectivity index is 3.18. The Morgan fingerprint density at radius 1 is 1.13 bits per heavy atom. The van der Waals surface area contributed by atoms with Crippen LogP contribution in [0.1, 0.15) is 62.6 Å². The summed E-state index contributed by atoms with van der Waals surface area (Å²) in [5, 5.41) is 10.9.